The summed E-state index contributed by atoms with van der Waals surface area (Å²) in [6.45, 7) is 1.23. The SMILES string of the molecule is COc1ccc(NC(=O)N2CCCC(Cc3nc(-c4ccccc4F)no3)C2)cc1OC. The highest BCUT2D eigenvalue weighted by Gasteiger charge is 2.26. The first-order chi connectivity index (χ1) is 15.6. The first-order valence-electron chi connectivity index (χ1n) is 10.4. The number of aromatic nitrogens is 2. The molecule has 32 heavy (non-hydrogen) atoms. The first kappa shape index (κ1) is 21.6. The van der Waals surface area contributed by atoms with Crippen molar-refractivity contribution < 1.29 is 23.2 Å². The predicted octanol–water partition coefficient (Wildman–Crippen LogP) is 4.38. The van der Waals surface area contributed by atoms with E-state index in [0.717, 1.165) is 12.8 Å². The van der Waals surface area contributed by atoms with Crippen LogP contribution in [0.1, 0.15) is 18.7 Å². The molecule has 2 amide bonds. The summed E-state index contributed by atoms with van der Waals surface area (Å²) < 4.78 is 29.8. The van der Waals surface area contributed by atoms with Crippen LogP contribution in [0, 0.1) is 11.7 Å². The number of nitrogens with zero attached hydrogens (tertiary/aromatic N) is 3. The number of halogens is 1. The van der Waals surface area contributed by atoms with Crippen LogP contribution in [0.4, 0.5) is 14.9 Å². The fourth-order valence-electron chi connectivity index (χ4n) is 3.87. The number of piperidine rings is 1. The fourth-order valence-corrected chi connectivity index (χ4v) is 3.87. The van der Waals surface area contributed by atoms with Crippen LogP contribution in [0.25, 0.3) is 11.4 Å². The van der Waals surface area contributed by atoms with Gasteiger partial charge in [-0.25, -0.2) is 9.18 Å². The summed E-state index contributed by atoms with van der Waals surface area (Å²) in [5, 5.41) is 6.82. The summed E-state index contributed by atoms with van der Waals surface area (Å²) in [7, 11) is 3.11. The van der Waals surface area contributed by atoms with Crippen LogP contribution >= 0.6 is 0 Å². The van der Waals surface area contributed by atoms with Crippen LogP contribution in [-0.2, 0) is 6.42 Å². The molecule has 0 spiro atoms. The molecule has 1 N–H and O–H groups in total. The molecule has 1 aromatic heterocycles. The third-order valence-electron chi connectivity index (χ3n) is 5.49. The van der Waals surface area contributed by atoms with Gasteiger partial charge in [0.1, 0.15) is 5.82 Å². The third kappa shape index (κ3) is 4.82. The Labute approximate surface area is 185 Å². The molecule has 0 aliphatic carbocycles. The molecule has 1 atom stereocenters. The van der Waals surface area contributed by atoms with Gasteiger partial charge in [-0.2, -0.15) is 4.98 Å². The summed E-state index contributed by atoms with van der Waals surface area (Å²) in [6, 6.07) is 11.4. The Balaban J connectivity index is 1.37. The van der Waals surface area contributed by atoms with E-state index in [1.165, 1.54) is 6.07 Å². The Morgan fingerprint density at radius 3 is 2.81 bits per heavy atom. The molecule has 0 saturated carbocycles. The van der Waals surface area contributed by atoms with Crippen LogP contribution in [-0.4, -0.2) is 48.4 Å². The molecule has 1 fully saturated rings. The summed E-state index contributed by atoms with van der Waals surface area (Å²) >= 11 is 0. The van der Waals surface area contributed by atoms with E-state index in [1.807, 2.05) is 0 Å². The number of ether oxygens (including phenoxy) is 2. The van der Waals surface area contributed by atoms with Crippen LogP contribution in [0.3, 0.4) is 0 Å². The van der Waals surface area contributed by atoms with E-state index in [1.54, 1.807) is 55.5 Å². The maximum absolute atomic E-state index is 14.0. The number of amides is 2. The van der Waals surface area contributed by atoms with Gasteiger partial charge in [0, 0.05) is 31.3 Å². The summed E-state index contributed by atoms with van der Waals surface area (Å²) in [5.41, 5.74) is 0.934. The minimum atomic E-state index is -0.393. The second-order valence-electron chi connectivity index (χ2n) is 7.65. The van der Waals surface area contributed by atoms with Crippen molar-refractivity contribution in [3.63, 3.8) is 0 Å². The van der Waals surface area contributed by atoms with E-state index in [9.17, 15) is 9.18 Å². The van der Waals surface area contributed by atoms with Crippen molar-refractivity contribution in [1.29, 1.82) is 0 Å². The summed E-state index contributed by atoms with van der Waals surface area (Å²) in [4.78, 5) is 18.9. The Kier molecular flexibility index (Phi) is 6.53. The van der Waals surface area contributed by atoms with Gasteiger partial charge in [-0.3, -0.25) is 0 Å². The van der Waals surface area contributed by atoms with Crippen molar-refractivity contribution in [2.75, 3.05) is 32.6 Å². The lowest BCUT2D eigenvalue weighted by atomic mass is 9.95. The van der Waals surface area contributed by atoms with Gasteiger partial charge in [0.25, 0.3) is 0 Å². The van der Waals surface area contributed by atoms with Crippen LogP contribution < -0.4 is 14.8 Å². The molecule has 168 valence electrons. The van der Waals surface area contributed by atoms with E-state index >= 15 is 0 Å². The molecule has 3 aromatic rings. The molecule has 9 heteroatoms. The Bertz CT molecular complexity index is 1090. The number of carbonyl (C=O) groups excluding carboxylic acids is 1. The number of benzene rings is 2. The van der Waals surface area contributed by atoms with Crippen LogP contribution in [0.15, 0.2) is 47.0 Å². The van der Waals surface area contributed by atoms with E-state index < -0.39 is 5.82 Å². The molecule has 1 aliphatic heterocycles. The monoisotopic (exact) mass is 440 g/mol. The first-order valence-corrected chi connectivity index (χ1v) is 10.4. The highest BCUT2D eigenvalue weighted by Crippen LogP contribution is 2.30. The Morgan fingerprint density at radius 1 is 1.22 bits per heavy atom. The van der Waals surface area contributed by atoms with Crippen LogP contribution in [0.5, 0.6) is 11.5 Å². The molecule has 1 unspecified atom stereocenters. The number of hydrogen-bond donors (Lipinski definition) is 1. The summed E-state index contributed by atoms with van der Waals surface area (Å²) in [6.07, 6.45) is 2.34. The predicted molar refractivity (Wildman–Crippen MR) is 116 cm³/mol. The van der Waals surface area contributed by atoms with Gasteiger partial charge in [0.2, 0.25) is 11.7 Å². The Hall–Kier alpha value is -3.62. The summed E-state index contributed by atoms with van der Waals surface area (Å²) in [5.74, 6) is 1.60. The van der Waals surface area contributed by atoms with Crippen molar-refractivity contribution in [2.45, 2.75) is 19.3 Å². The smallest absolute Gasteiger partial charge is 0.321 e. The fraction of sp³-hybridized carbons (Fsp3) is 0.348. The van der Waals surface area contributed by atoms with Crippen molar-refractivity contribution in [2.24, 2.45) is 5.92 Å². The molecular formula is C23H25FN4O4. The van der Waals surface area contributed by atoms with Gasteiger partial charge in [0.15, 0.2) is 11.5 Å². The van der Waals surface area contributed by atoms with E-state index in [-0.39, 0.29) is 17.8 Å². The number of rotatable bonds is 6. The highest BCUT2D eigenvalue weighted by molar-refractivity contribution is 5.89. The van der Waals surface area contributed by atoms with Crippen molar-refractivity contribution in [1.82, 2.24) is 15.0 Å². The minimum absolute atomic E-state index is 0.175. The standard InChI is InChI=1S/C23H25FN4O4/c1-30-19-10-9-16(13-20(19)31-2)25-23(29)28-11-5-6-15(14-28)12-21-26-22(27-32-21)17-7-3-4-8-18(17)24/h3-4,7-10,13,15H,5-6,11-12,14H2,1-2H3,(H,25,29). The molecule has 0 bridgehead atoms. The lowest BCUT2D eigenvalue weighted by molar-refractivity contribution is 0.173. The molecule has 4 rings (SSSR count). The zero-order valence-corrected chi connectivity index (χ0v) is 18.0. The number of methoxy groups -OCH3 is 2. The molecule has 2 aromatic carbocycles. The number of nitrogens with one attached hydrogen (secondary N) is 1. The number of likely N-dealkylation sites (tertiary alicyclic amines) is 1. The molecule has 8 nitrogen and oxygen atoms in total. The second-order valence-corrected chi connectivity index (χ2v) is 7.65. The number of hydrogen-bond acceptors (Lipinski definition) is 6. The second kappa shape index (κ2) is 9.67. The lowest BCUT2D eigenvalue weighted by Gasteiger charge is -2.32. The number of urea groups is 1. The van der Waals surface area contributed by atoms with Gasteiger partial charge in [-0.15, -0.1) is 0 Å². The Morgan fingerprint density at radius 2 is 2.03 bits per heavy atom. The maximum atomic E-state index is 14.0. The van der Waals surface area contributed by atoms with E-state index in [0.29, 0.717) is 48.2 Å². The van der Waals surface area contributed by atoms with Gasteiger partial charge >= 0.3 is 6.03 Å². The van der Waals surface area contributed by atoms with E-state index in [2.05, 4.69) is 15.5 Å². The third-order valence-corrected chi connectivity index (χ3v) is 5.49. The number of carbonyl (C=O) groups is 1. The van der Waals surface area contributed by atoms with Gasteiger partial charge in [-0.1, -0.05) is 17.3 Å². The molecule has 0 radical (unpaired) electrons. The van der Waals surface area contributed by atoms with Crippen molar-refractivity contribution >= 4 is 11.7 Å². The molecule has 1 saturated heterocycles. The number of anilines is 1. The van der Waals surface area contributed by atoms with Gasteiger partial charge in [0.05, 0.1) is 19.8 Å². The zero-order valence-electron chi connectivity index (χ0n) is 18.0. The normalized spacial score (nSPS) is 16.0. The van der Waals surface area contributed by atoms with E-state index in [4.69, 9.17) is 14.0 Å². The molecule has 2 heterocycles. The lowest BCUT2D eigenvalue weighted by Crippen LogP contribution is -2.42. The quantitative estimate of drug-likeness (QED) is 0.612. The topological polar surface area (TPSA) is 89.7 Å². The largest absolute Gasteiger partial charge is 0.493 e. The zero-order chi connectivity index (χ0) is 22.5. The minimum Gasteiger partial charge on any atom is -0.493 e. The average molecular weight is 440 g/mol. The van der Waals surface area contributed by atoms with Crippen molar-refractivity contribution in [3.05, 3.63) is 54.2 Å². The average Bonchev–Trinajstić information content (AvgIpc) is 3.27. The molecule has 1 aliphatic rings. The van der Waals surface area contributed by atoms with Gasteiger partial charge in [-0.05, 0) is 43.0 Å². The van der Waals surface area contributed by atoms with Crippen LogP contribution in [0.2, 0.25) is 0 Å². The highest BCUT2D eigenvalue weighted by atomic mass is 19.1. The maximum Gasteiger partial charge on any atom is 0.321 e. The molecular weight excluding hydrogens is 415 g/mol. The van der Waals surface area contributed by atoms with Gasteiger partial charge < -0.3 is 24.2 Å². The van der Waals surface area contributed by atoms with Crippen molar-refractivity contribution in [3.8, 4) is 22.9 Å².